The molecule has 6 rings (SSSR count). The van der Waals surface area contributed by atoms with E-state index in [9.17, 15) is 18.8 Å². The lowest BCUT2D eigenvalue weighted by Gasteiger charge is -2.36. The molecular formula is C23H19ClFN3O3. The minimum absolute atomic E-state index is 0.160. The second-order valence-corrected chi connectivity index (χ2v) is 9.19. The van der Waals surface area contributed by atoms with E-state index >= 15 is 0 Å². The van der Waals surface area contributed by atoms with Gasteiger partial charge >= 0.3 is 0 Å². The number of hydrogen-bond donors (Lipinski definition) is 1. The quantitative estimate of drug-likeness (QED) is 0.693. The summed E-state index contributed by atoms with van der Waals surface area (Å²) in [5.41, 5.74) is 1.45. The highest BCUT2D eigenvalue weighted by Gasteiger charge is 2.74. The fraction of sp³-hybridized carbons (Fsp3) is 0.348. The third kappa shape index (κ3) is 2.18. The van der Waals surface area contributed by atoms with Crippen LogP contribution in [0.5, 0.6) is 0 Å². The van der Waals surface area contributed by atoms with E-state index in [1.165, 1.54) is 12.1 Å². The number of rotatable bonds is 1. The number of carbonyl (C=O) groups excluding carboxylic acids is 3. The molecule has 1 spiro atoms. The lowest BCUT2D eigenvalue weighted by molar-refractivity contribution is -0.135. The standard InChI is InChI=1S/C23H19ClFN3O3/c1-11-4-7-16-13(9-11)23(22(31)26-16)19-18(17-3-2-8-27(17)23)20(29)28(21(19)30)12-5-6-15(25)14(24)10-12/h4-7,9-10,17-19H,2-3,8H2,1H3,(H,26,31)/t17-,18-,19-,23+/m1/s1. The van der Waals surface area contributed by atoms with Gasteiger partial charge in [0.2, 0.25) is 17.7 Å². The van der Waals surface area contributed by atoms with Gasteiger partial charge in [-0.05, 0) is 50.6 Å². The number of nitrogens with one attached hydrogen (secondary N) is 1. The van der Waals surface area contributed by atoms with Gasteiger partial charge < -0.3 is 5.32 Å². The Kier molecular flexibility index (Phi) is 3.76. The van der Waals surface area contributed by atoms with E-state index < -0.39 is 29.1 Å². The summed E-state index contributed by atoms with van der Waals surface area (Å²) >= 11 is 5.93. The molecule has 0 saturated carbocycles. The van der Waals surface area contributed by atoms with Crippen molar-refractivity contribution in [2.75, 3.05) is 16.8 Å². The van der Waals surface area contributed by atoms with Crippen molar-refractivity contribution in [3.8, 4) is 0 Å². The van der Waals surface area contributed by atoms with Crippen LogP contribution in [-0.2, 0) is 19.9 Å². The average molecular weight is 440 g/mol. The number of benzene rings is 2. The molecule has 8 heteroatoms. The van der Waals surface area contributed by atoms with Crippen LogP contribution >= 0.6 is 11.6 Å². The maximum Gasteiger partial charge on any atom is 0.250 e. The van der Waals surface area contributed by atoms with Crippen molar-refractivity contribution in [3.05, 3.63) is 58.4 Å². The Hall–Kier alpha value is -2.77. The van der Waals surface area contributed by atoms with E-state index in [1.807, 2.05) is 25.1 Å². The second-order valence-electron chi connectivity index (χ2n) is 8.79. The molecule has 4 aliphatic rings. The molecule has 31 heavy (non-hydrogen) atoms. The van der Waals surface area contributed by atoms with Crippen LogP contribution in [0.4, 0.5) is 15.8 Å². The summed E-state index contributed by atoms with van der Waals surface area (Å²) in [6, 6.07) is 9.34. The Morgan fingerprint density at radius 1 is 1.13 bits per heavy atom. The van der Waals surface area contributed by atoms with Gasteiger partial charge in [0.1, 0.15) is 11.4 Å². The zero-order valence-corrected chi connectivity index (χ0v) is 17.4. The van der Waals surface area contributed by atoms with E-state index in [4.69, 9.17) is 11.6 Å². The van der Waals surface area contributed by atoms with Gasteiger partial charge in [-0.3, -0.25) is 19.3 Å². The first-order chi connectivity index (χ1) is 14.9. The number of nitrogens with zero attached hydrogens (tertiary/aromatic N) is 2. The van der Waals surface area contributed by atoms with Crippen LogP contribution in [0.3, 0.4) is 0 Å². The molecule has 0 radical (unpaired) electrons. The maximum absolute atomic E-state index is 13.8. The molecule has 0 aliphatic carbocycles. The third-order valence-electron chi connectivity index (χ3n) is 7.31. The third-order valence-corrected chi connectivity index (χ3v) is 7.60. The SMILES string of the molecule is Cc1ccc2c(c1)[C@@]1(C(=O)N2)[C@H]2C(=O)N(c3ccc(F)c(Cl)c3)C(=O)[C@@H]2[C@H]2CCCN21. The van der Waals surface area contributed by atoms with Gasteiger partial charge in [-0.2, -0.15) is 0 Å². The molecule has 2 aromatic carbocycles. The van der Waals surface area contributed by atoms with E-state index in [0.29, 0.717) is 12.2 Å². The molecule has 0 aromatic heterocycles. The van der Waals surface area contributed by atoms with Crippen LogP contribution in [0.15, 0.2) is 36.4 Å². The first-order valence-electron chi connectivity index (χ1n) is 10.4. The summed E-state index contributed by atoms with van der Waals surface area (Å²) in [6.45, 7) is 2.60. The number of carbonyl (C=O) groups is 3. The molecule has 0 bridgehead atoms. The Morgan fingerprint density at radius 3 is 2.71 bits per heavy atom. The minimum Gasteiger partial charge on any atom is -0.324 e. The molecule has 3 amide bonds. The molecule has 6 nitrogen and oxygen atoms in total. The van der Waals surface area contributed by atoms with Crippen LogP contribution in [-0.4, -0.2) is 35.2 Å². The first kappa shape index (κ1) is 19.0. The van der Waals surface area contributed by atoms with Gasteiger partial charge in [0, 0.05) is 17.3 Å². The summed E-state index contributed by atoms with van der Waals surface area (Å²) < 4.78 is 13.7. The molecule has 4 aliphatic heterocycles. The largest absolute Gasteiger partial charge is 0.324 e. The number of aryl methyl sites for hydroxylation is 1. The molecule has 2 aromatic rings. The molecule has 1 N–H and O–H groups in total. The molecule has 4 atom stereocenters. The van der Waals surface area contributed by atoms with E-state index in [-0.39, 0.29) is 28.6 Å². The monoisotopic (exact) mass is 439 g/mol. The minimum atomic E-state index is -1.21. The highest BCUT2D eigenvalue weighted by atomic mass is 35.5. The normalized spacial score (nSPS) is 31.4. The number of fused-ring (bicyclic) bond motifs is 7. The van der Waals surface area contributed by atoms with Crippen molar-refractivity contribution in [1.29, 1.82) is 0 Å². The summed E-state index contributed by atoms with van der Waals surface area (Å²) in [7, 11) is 0. The van der Waals surface area contributed by atoms with Crippen molar-refractivity contribution in [2.45, 2.75) is 31.3 Å². The lowest BCUT2D eigenvalue weighted by Crippen LogP contribution is -2.54. The smallest absolute Gasteiger partial charge is 0.250 e. The molecule has 158 valence electrons. The van der Waals surface area contributed by atoms with E-state index in [2.05, 4.69) is 10.2 Å². The van der Waals surface area contributed by atoms with Crippen LogP contribution in [0.25, 0.3) is 0 Å². The fourth-order valence-corrected chi connectivity index (χ4v) is 6.37. The van der Waals surface area contributed by atoms with Crippen LogP contribution in [0.2, 0.25) is 5.02 Å². The number of hydrogen-bond acceptors (Lipinski definition) is 4. The van der Waals surface area contributed by atoms with Crippen molar-refractivity contribution in [1.82, 2.24) is 4.90 Å². The van der Waals surface area contributed by atoms with Crippen LogP contribution in [0.1, 0.15) is 24.0 Å². The Bertz CT molecular complexity index is 1200. The predicted octanol–water partition coefficient (Wildman–Crippen LogP) is 3.22. The Balaban J connectivity index is 1.56. The predicted molar refractivity (Wildman–Crippen MR) is 112 cm³/mol. The summed E-state index contributed by atoms with van der Waals surface area (Å²) in [6.07, 6.45) is 1.60. The van der Waals surface area contributed by atoms with Gasteiger partial charge in [-0.25, -0.2) is 9.29 Å². The van der Waals surface area contributed by atoms with Gasteiger partial charge in [0.15, 0.2) is 0 Å². The first-order valence-corrected chi connectivity index (χ1v) is 10.8. The van der Waals surface area contributed by atoms with Gasteiger partial charge in [0.25, 0.3) is 0 Å². The highest BCUT2D eigenvalue weighted by molar-refractivity contribution is 6.32. The number of halogens is 2. The second kappa shape index (κ2) is 6.14. The molecule has 4 heterocycles. The van der Waals surface area contributed by atoms with Crippen molar-refractivity contribution < 1.29 is 18.8 Å². The van der Waals surface area contributed by atoms with Crippen molar-refractivity contribution in [2.24, 2.45) is 11.8 Å². The van der Waals surface area contributed by atoms with E-state index in [0.717, 1.165) is 34.9 Å². The van der Waals surface area contributed by atoms with Crippen molar-refractivity contribution in [3.63, 3.8) is 0 Å². The van der Waals surface area contributed by atoms with Crippen LogP contribution in [0, 0.1) is 24.6 Å². The molecular weight excluding hydrogens is 421 g/mol. The fourth-order valence-electron chi connectivity index (χ4n) is 6.20. The Labute approximate surface area is 183 Å². The summed E-state index contributed by atoms with van der Waals surface area (Å²) in [5.74, 6) is -3.12. The number of amides is 3. The summed E-state index contributed by atoms with van der Waals surface area (Å²) in [5, 5.41) is 2.80. The topological polar surface area (TPSA) is 69.7 Å². The van der Waals surface area contributed by atoms with Crippen molar-refractivity contribution >= 4 is 40.7 Å². The van der Waals surface area contributed by atoms with Gasteiger partial charge in [-0.1, -0.05) is 29.3 Å². The zero-order valence-electron chi connectivity index (χ0n) is 16.7. The highest BCUT2D eigenvalue weighted by Crippen LogP contribution is 2.60. The molecule has 3 fully saturated rings. The Morgan fingerprint density at radius 2 is 1.94 bits per heavy atom. The molecule has 3 saturated heterocycles. The maximum atomic E-state index is 13.8. The lowest BCUT2D eigenvalue weighted by atomic mass is 9.75. The average Bonchev–Trinajstić information content (AvgIpc) is 3.43. The van der Waals surface area contributed by atoms with Crippen LogP contribution < -0.4 is 10.2 Å². The zero-order chi connectivity index (χ0) is 21.7. The number of imide groups is 1. The van der Waals surface area contributed by atoms with Gasteiger partial charge in [0.05, 0.1) is 22.5 Å². The molecule has 0 unspecified atom stereocenters. The van der Waals surface area contributed by atoms with E-state index in [1.54, 1.807) is 0 Å². The van der Waals surface area contributed by atoms with Gasteiger partial charge in [-0.15, -0.1) is 0 Å². The summed E-state index contributed by atoms with van der Waals surface area (Å²) in [4.78, 5) is 44.1. The number of anilines is 2.